The van der Waals surface area contributed by atoms with Gasteiger partial charge in [0.25, 0.3) is 0 Å². The number of ether oxygens (including phenoxy) is 1. The molecule has 0 saturated carbocycles. The summed E-state index contributed by atoms with van der Waals surface area (Å²) in [5.41, 5.74) is 5.99. The molecule has 5 heteroatoms. The van der Waals surface area contributed by atoms with Crippen molar-refractivity contribution in [1.82, 2.24) is 10.4 Å². The van der Waals surface area contributed by atoms with E-state index in [1.807, 2.05) is 17.8 Å². The number of rotatable bonds is 4. The van der Waals surface area contributed by atoms with Crippen molar-refractivity contribution in [3.05, 3.63) is 58.3 Å². The van der Waals surface area contributed by atoms with E-state index < -0.39 is 0 Å². The van der Waals surface area contributed by atoms with Crippen LogP contribution in [0.25, 0.3) is 5.70 Å². The first-order valence-electron chi connectivity index (χ1n) is 7.42. The van der Waals surface area contributed by atoms with Crippen LogP contribution in [-0.4, -0.2) is 23.2 Å². The zero-order chi connectivity index (χ0) is 14.9. The first-order valence-corrected chi connectivity index (χ1v) is 9.69. The van der Waals surface area contributed by atoms with Gasteiger partial charge in [-0.25, -0.2) is 0 Å². The summed E-state index contributed by atoms with van der Waals surface area (Å²) >= 11 is 3.62. The molecule has 0 aliphatic carbocycles. The van der Waals surface area contributed by atoms with Crippen molar-refractivity contribution in [2.75, 3.05) is 12.0 Å². The van der Waals surface area contributed by atoms with E-state index in [9.17, 15) is 0 Å². The summed E-state index contributed by atoms with van der Waals surface area (Å²) in [6.07, 6.45) is 5.53. The van der Waals surface area contributed by atoms with Crippen LogP contribution in [0.1, 0.15) is 22.9 Å². The van der Waals surface area contributed by atoms with Crippen molar-refractivity contribution in [3.63, 3.8) is 0 Å². The Bertz CT molecular complexity index is 684. The van der Waals surface area contributed by atoms with E-state index in [0.717, 1.165) is 17.9 Å². The fraction of sp³-hybridized carbons (Fsp3) is 0.294. The molecule has 3 nitrogen and oxygen atoms in total. The molecule has 0 unspecified atom stereocenters. The van der Waals surface area contributed by atoms with Crippen LogP contribution in [0.4, 0.5) is 0 Å². The van der Waals surface area contributed by atoms with E-state index in [0.29, 0.717) is 0 Å². The molecule has 2 atom stereocenters. The number of nitrogens with one attached hydrogen (secondary N) is 1. The third-order valence-corrected chi connectivity index (χ3v) is 5.59. The molecule has 1 aromatic heterocycles. The second-order valence-electron chi connectivity index (χ2n) is 5.41. The third-order valence-electron chi connectivity index (χ3n) is 4.04. The number of benzene rings is 1. The van der Waals surface area contributed by atoms with Crippen LogP contribution in [0.2, 0.25) is 0 Å². The molecule has 114 valence electrons. The first-order chi connectivity index (χ1) is 10.9. The van der Waals surface area contributed by atoms with E-state index in [2.05, 4.69) is 58.5 Å². The Kier molecular flexibility index (Phi) is 3.86. The number of thioether (sulfide) groups is 1. The Morgan fingerprint density at radius 2 is 2.18 bits per heavy atom. The summed E-state index contributed by atoms with van der Waals surface area (Å²) in [4.78, 5) is 1.27. The highest BCUT2D eigenvalue weighted by molar-refractivity contribution is 7.98. The molecule has 1 aromatic carbocycles. The third kappa shape index (κ3) is 2.43. The summed E-state index contributed by atoms with van der Waals surface area (Å²) < 4.78 is 6.23. The standard InChI is InChI=1S/C17H18N2OS2/c1-21-10-8-17-19-14(12-5-2-3-6-15(12)20-17)11-13(18-19)16-7-4-9-22-16/h2-7,9,11,14,17-18H,8,10H2,1H3/t14-,17+/m0/s1. The SMILES string of the molecule is CSCC[C@H]1Oc2ccccc2[C@@H]2C=C(c3cccs3)NN12. The van der Waals surface area contributed by atoms with Gasteiger partial charge in [-0.05, 0) is 35.6 Å². The van der Waals surface area contributed by atoms with Gasteiger partial charge in [-0.2, -0.15) is 16.8 Å². The fourth-order valence-electron chi connectivity index (χ4n) is 3.00. The van der Waals surface area contributed by atoms with Gasteiger partial charge >= 0.3 is 0 Å². The fourth-order valence-corrected chi connectivity index (χ4v) is 4.13. The lowest BCUT2D eigenvalue weighted by atomic mass is 10.0. The van der Waals surface area contributed by atoms with Crippen molar-refractivity contribution in [2.24, 2.45) is 0 Å². The summed E-state index contributed by atoms with van der Waals surface area (Å²) in [6, 6.07) is 12.9. The lowest BCUT2D eigenvalue weighted by molar-refractivity contribution is -0.0312. The monoisotopic (exact) mass is 330 g/mol. The summed E-state index contributed by atoms with van der Waals surface area (Å²) in [7, 11) is 0. The summed E-state index contributed by atoms with van der Waals surface area (Å²) in [5.74, 6) is 2.10. The molecular weight excluding hydrogens is 312 g/mol. The first kappa shape index (κ1) is 14.2. The number of para-hydroxylation sites is 1. The lowest BCUT2D eigenvalue weighted by Gasteiger charge is -2.38. The molecule has 22 heavy (non-hydrogen) atoms. The topological polar surface area (TPSA) is 24.5 Å². The molecule has 0 amide bonds. The zero-order valence-electron chi connectivity index (χ0n) is 12.4. The molecule has 0 spiro atoms. The van der Waals surface area contributed by atoms with Crippen LogP contribution in [0.3, 0.4) is 0 Å². The quantitative estimate of drug-likeness (QED) is 0.911. The minimum atomic E-state index is 0.0704. The second-order valence-corrected chi connectivity index (χ2v) is 7.35. The molecule has 3 heterocycles. The summed E-state index contributed by atoms with van der Waals surface area (Å²) in [6.45, 7) is 0. The number of thiophene rings is 1. The maximum atomic E-state index is 6.23. The van der Waals surface area contributed by atoms with Crippen LogP contribution in [0, 0.1) is 0 Å². The molecule has 1 N–H and O–H groups in total. The highest BCUT2D eigenvalue weighted by Crippen LogP contribution is 2.42. The average molecular weight is 330 g/mol. The minimum Gasteiger partial charge on any atom is -0.473 e. The van der Waals surface area contributed by atoms with E-state index in [1.165, 1.54) is 16.1 Å². The number of hydrazine groups is 1. The van der Waals surface area contributed by atoms with Crippen LogP contribution in [0.5, 0.6) is 5.75 Å². The molecule has 2 aliphatic rings. The Morgan fingerprint density at radius 3 is 3.00 bits per heavy atom. The van der Waals surface area contributed by atoms with Gasteiger partial charge in [0.05, 0.1) is 16.6 Å². The molecular formula is C17H18N2OS2. The van der Waals surface area contributed by atoms with E-state index in [4.69, 9.17) is 4.74 Å². The molecule has 0 saturated heterocycles. The van der Waals surface area contributed by atoms with Gasteiger partial charge < -0.3 is 10.2 Å². The van der Waals surface area contributed by atoms with Gasteiger partial charge in [0, 0.05) is 12.0 Å². The normalized spacial score (nSPS) is 23.2. The van der Waals surface area contributed by atoms with Gasteiger partial charge in [0.1, 0.15) is 5.75 Å². The van der Waals surface area contributed by atoms with Gasteiger partial charge in [-0.15, -0.1) is 11.3 Å². The maximum absolute atomic E-state index is 6.23. The molecule has 0 fully saturated rings. The highest BCUT2D eigenvalue weighted by atomic mass is 32.2. The van der Waals surface area contributed by atoms with Crippen LogP contribution in [0.15, 0.2) is 47.9 Å². The molecule has 0 radical (unpaired) electrons. The summed E-state index contributed by atoms with van der Waals surface area (Å²) in [5, 5.41) is 4.37. The average Bonchev–Trinajstić information content (AvgIpc) is 3.21. The molecule has 2 aromatic rings. The van der Waals surface area contributed by atoms with Gasteiger partial charge in [-0.3, -0.25) is 0 Å². The smallest absolute Gasteiger partial charge is 0.170 e. The van der Waals surface area contributed by atoms with Crippen LogP contribution < -0.4 is 10.2 Å². The molecule has 0 bridgehead atoms. The Balaban J connectivity index is 1.69. The van der Waals surface area contributed by atoms with Crippen molar-refractivity contribution < 1.29 is 4.74 Å². The van der Waals surface area contributed by atoms with Crippen LogP contribution >= 0.6 is 23.1 Å². The number of fused-ring (bicyclic) bond motifs is 3. The van der Waals surface area contributed by atoms with Crippen molar-refractivity contribution in [1.29, 1.82) is 0 Å². The Hall–Kier alpha value is -1.43. The highest BCUT2D eigenvalue weighted by Gasteiger charge is 2.38. The van der Waals surface area contributed by atoms with Crippen LogP contribution in [-0.2, 0) is 0 Å². The number of hydrogen-bond acceptors (Lipinski definition) is 5. The predicted molar refractivity (Wildman–Crippen MR) is 93.9 cm³/mol. The van der Waals surface area contributed by atoms with Crippen molar-refractivity contribution >= 4 is 28.8 Å². The van der Waals surface area contributed by atoms with Crippen molar-refractivity contribution in [2.45, 2.75) is 18.7 Å². The predicted octanol–water partition coefficient (Wildman–Crippen LogP) is 4.12. The van der Waals surface area contributed by atoms with E-state index in [-0.39, 0.29) is 12.3 Å². The second kappa shape index (κ2) is 5.99. The molecule has 4 rings (SSSR count). The largest absolute Gasteiger partial charge is 0.473 e. The van der Waals surface area contributed by atoms with Gasteiger partial charge in [-0.1, -0.05) is 24.3 Å². The lowest BCUT2D eigenvalue weighted by Crippen LogP contribution is -2.48. The van der Waals surface area contributed by atoms with Crippen molar-refractivity contribution in [3.8, 4) is 5.75 Å². The minimum absolute atomic E-state index is 0.0704. The Morgan fingerprint density at radius 1 is 1.27 bits per heavy atom. The number of nitrogens with zero attached hydrogens (tertiary/aromatic N) is 1. The van der Waals surface area contributed by atoms with Gasteiger partial charge in [0.2, 0.25) is 0 Å². The Labute approximate surface area is 138 Å². The number of hydrogen-bond donors (Lipinski definition) is 1. The molecule has 2 aliphatic heterocycles. The zero-order valence-corrected chi connectivity index (χ0v) is 14.0. The van der Waals surface area contributed by atoms with E-state index in [1.54, 1.807) is 11.3 Å². The van der Waals surface area contributed by atoms with Gasteiger partial charge in [0.15, 0.2) is 6.23 Å². The van der Waals surface area contributed by atoms with E-state index >= 15 is 0 Å². The maximum Gasteiger partial charge on any atom is 0.170 e.